The van der Waals surface area contributed by atoms with E-state index in [0.29, 0.717) is 6.54 Å². The molecule has 0 aromatic heterocycles. The van der Waals surface area contributed by atoms with Crippen molar-refractivity contribution in [3.05, 3.63) is 0 Å². The van der Waals surface area contributed by atoms with Crippen molar-refractivity contribution in [1.82, 2.24) is 10.2 Å². The molecule has 3 heteroatoms. The summed E-state index contributed by atoms with van der Waals surface area (Å²) in [5.74, 6) is 0.143. The summed E-state index contributed by atoms with van der Waals surface area (Å²) < 4.78 is 0. The molecule has 0 aromatic rings. The van der Waals surface area contributed by atoms with Crippen LogP contribution in [-0.4, -0.2) is 30.1 Å². The van der Waals surface area contributed by atoms with Gasteiger partial charge >= 0.3 is 0 Å². The molecule has 3 nitrogen and oxygen atoms in total. The second kappa shape index (κ2) is 2.35. The third-order valence-corrected chi connectivity index (χ3v) is 1.67. The fourth-order valence-corrected chi connectivity index (χ4v) is 1.08. The largest absolute Gasteiger partial charge is 0.340 e. The van der Waals surface area contributed by atoms with E-state index in [9.17, 15) is 4.79 Å². The molecule has 1 N–H and O–H groups in total. The van der Waals surface area contributed by atoms with Gasteiger partial charge in [0.25, 0.3) is 0 Å². The van der Waals surface area contributed by atoms with Crippen LogP contribution in [0.4, 0.5) is 0 Å². The second-order valence-corrected chi connectivity index (χ2v) is 2.31. The minimum Gasteiger partial charge on any atom is -0.340 e. The van der Waals surface area contributed by atoms with Gasteiger partial charge in [-0.3, -0.25) is 9.69 Å². The maximum Gasteiger partial charge on any atom is 0.235 e. The maximum absolute atomic E-state index is 10.7. The van der Waals surface area contributed by atoms with Crippen molar-refractivity contribution in [2.75, 3.05) is 13.1 Å². The lowest BCUT2D eigenvalue weighted by Crippen LogP contribution is -2.32. The zero-order valence-electron chi connectivity index (χ0n) is 5.85. The lowest BCUT2D eigenvalue weighted by atomic mass is 10.5. The quantitative estimate of drug-likeness (QED) is 0.529. The van der Waals surface area contributed by atoms with Gasteiger partial charge in [-0.15, -0.1) is 0 Å². The summed E-state index contributed by atoms with van der Waals surface area (Å²) >= 11 is 0. The molecule has 1 amide bonds. The number of hydrogen-bond acceptors (Lipinski definition) is 2. The van der Waals surface area contributed by atoms with Crippen molar-refractivity contribution in [3.8, 4) is 0 Å². The number of carbonyl (C=O) groups is 1. The number of nitrogens with zero attached hydrogens (tertiary/aromatic N) is 1. The Morgan fingerprint density at radius 3 is 2.78 bits per heavy atom. The molecule has 1 aliphatic rings. The standard InChI is InChI=1S/C6H12N2O/c1-3-8-4-6(9)7-5(8)2/h5H,3-4H2,1-2H3,(H,7,9). The van der Waals surface area contributed by atoms with Crippen LogP contribution in [0.1, 0.15) is 13.8 Å². The second-order valence-electron chi connectivity index (χ2n) is 2.31. The van der Waals surface area contributed by atoms with Crippen LogP contribution in [0.2, 0.25) is 0 Å². The van der Waals surface area contributed by atoms with Crippen LogP contribution >= 0.6 is 0 Å². The van der Waals surface area contributed by atoms with Crippen LogP contribution in [0.25, 0.3) is 0 Å². The Balaban J connectivity index is 2.47. The average Bonchev–Trinajstić information content (AvgIpc) is 2.10. The first-order chi connectivity index (χ1) is 4.24. The highest BCUT2D eigenvalue weighted by molar-refractivity contribution is 5.80. The van der Waals surface area contributed by atoms with E-state index in [0.717, 1.165) is 6.54 Å². The normalized spacial score (nSPS) is 28.7. The van der Waals surface area contributed by atoms with Gasteiger partial charge in [0.2, 0.25) is 5.91 Å². The van der Waals surface area contributed by atoms with Crippen molar-refractivity contribution < 1.29 is 4.79 Å². The Morgan fingerprint density at radius 2 is 2.56 bits per heavy atom. The predicted molar refractivity (Wildman–Crippen MR) is 34.9 cm³/mol. The van der Waals surface area contributed by atoms with Crippen LogP contribution < -0.4 is 5.32 Å². The van der Waals surface area contributed by atoms with E-state index >= 15 is 0 Å². The Kier molecular flexibility index (Phi) is 1.71. The average molecular weight is 128 g/mol. The molecule has 1 heterocycles. The van der Waals surface area contributed by atoms with Gasteiger partial charge < -0.3 is 5.32 Å². The van der Waals surface area contributed by atoms with E-state index in [1.165, 1.54) is 0 Å². The summed E-state index contributed by atoms with van der Waals surface area (Å²) in [4.78, 5) is 12.8. The first-order valence-electron chi connectivity index (χ1n) is 3.27. The van der Waals surface area contributed by atoms with Crippen LogP contribution in [0, 0.1) is 0 Å². The van der Waals surface area contributed by atoms with Crippen molar-refractivity contribution in [3.63, 3.8) is 0 Å². The number of amides is 1. The SMILES string of the molecule is CCN1CC(=O)NC1C. The monoisotopic (exact) mass is 128 g/mol. The first-order valence-corrected chi connectivity index (χ1v) is 3.27. The lowest BCUT2D eigenvalue weighted by molar-refractivity contribution is -0.118. The number of hydrogen-bond donors (Lipinski definition) is 1. The molecule has 0 bridgehead atoms. The summed E-state index contributed by atoms with van der Waals surface area (Å²) in [7, 11) is 0. The molecular weight excluding hydrogens is 116 g/mol. The fourth-order valence-electron chi connectivity index (χ4n) is 1.08. The Morgan fingerprint density at radius 1 is 1.89 bits per heavy atom. The Hall–Kier alpha value is -0.570. The molecule has 0 aromatic carbocycles. The number of nitrogens with one attached hydrogen (secondary N) is 1. The molecule has 1 saturated heterocycles. The summed E-state index contributed by atoms with van der Waals surface area (Å²) in [5, 5.41) is 2.80. The van der Waals surface area contributed by atoms with E-state index in [4.69, 9.17) is 0 Å². The summed E-state index contributed by atoms with van der Waals surface area (Å²) in [6.45, 7) is 5.56. The Bertz CT molecular complexity index is 124. The zero-order chi connectivity index (χ0) is 6.85. The van der Waals surface area contributed by atoms with Gasteiger partial charge in [0.05, 0.1) is 12.7 Å². The molecule has 0 spiro atoms. The molecular formula is C6H12N2O. The lowest BCUT2D eigenvalue weighted by Gasteiger charge is -2.15. The van der Waals surface area contributed by atoms with Gasteiger partial charge in [-0.05, 0) is 13.5 Å². The minimum absolute atomic E-state index is 0.143. The van der Waals surface area contributed by atoms with E-state index in [-0.39, 0.29) is 12.1 Å². The molecule has 0 aliphatic carbocycles. The summed E-state index contributed by atoms with van der Waals surface area (Å²) in [6.07, 6.45) is 0.238. The van der Waals surface area contributed by atoms with Crippen LogP contribution in [-0.2, 0) is 4.79 Å². The van der Waals surface area contributed by atoms with E-state index < -0.39 is 0 Å². The van der Waals surface area contributed by atoms with Crippen molar-refractivity contribution in [1.29, 1.82) is 0 Å². The number of carbonyl (C=O) groups excluding carboxylic acids is 1. The highest BCUT2D eigenvalue weighted by Crippen LogP contribution is 2.00. The van der Waals surface area contributed by atoms with E-state index in [1.54, 1.807) is 0 Å². The van der Waals surface area contributed by atoms with Gasteiger partial charge in [0.1, 0.15) is 0 Å². The van der Waals surface area contributed by atoms with Crippen molar-refractivity contribution in [2.24, 2.45) is 0 Å². The van der Waals surface area contributed by atoms with Gasteiger partial charge in [-0.1, -0.05) is 6.92 Å². The van der Waals surface area contributed by atoms with Crippen LogP contribution in [0.5, 0.6) is 0 Å². The van der Waals surface area contributed by atoms with Crippen LogP contribution in [0.3, 0.4) is 0 Å². The van der Waals surface area contributed by atoms with E-state index in [1.807, 2.05) is 6.92 Å². The van der Waals surface area contributed by atoms with Crippen molar-refractivity contribution in [2.45, 2.75) is 20.0 Å². The molecule has 1 rings (SSSR count). The molecule has 1 fully saturated rings. The van der Waals surface area contributed by atoms with Crippen molar-refractivity contribution >= 4 is 5.91 Å². The highest BCUT2D eigenvalue weighted by Gasteiger charge is 2.23. The molecule has 1 aliphatic heterocycles. The third kappa shape index (κ3) is 1.21. The highest BCUT2D eigenvalue weighted by atomic mass is 16.2. The predicted octanol–water partition coefficient (Wildman–Crippen LogP) is -0.216. The van der Waals surface area contributed by atoms with Gasteiger partial charge in [-0.2, -0.15) is 0 Å². The fraction of sp³-hybridized carbons (Fsp3) is 0.833. The zero-order valence-corrected chi connectivity index (χ0v) is 5.85. The topological polar surface area (TPSA) is 32.3 Å². The summed E-state index contributed by atoms with van der Waals surface area (Å²) in [5.41, 5.74) is 0. The van der Waals surface area contributed by atoms with E-state index in [2.05, 4.69) is 17.1 Å². The van der Waals surface area contributed by atoms with Gasteiger partial charge in [-0.25, -0.2) is 0 Å². The van der Waals surface area contributed by atoms with Crippen LogP contribution in [0.15, 0.2) is 0 Å². The van der Waals surface area contributed by atoms with Gasteiger partial charge in [0, 0.05) is 0 Å². The molecule has 1 atom stereocenters. The third-order valence-electron chi connectivity index (χ3n) is 1.67. The minimum atomic E-state index is 0.143. The van der Waals surface area contributed by atoms with Gasteiger partial charge in [0.15, 0.2) is 0 Å². The molecule has 0 saturated carbocycles. The molecule has 9 heavy (non-hydrogen) atoms. The number of rotatable bonds is 1. The summed E-state index contributed by atoms with van der Waals surface area (Å²) in [6, 6.07) is 0. The Labute approximate surface area is 55.0 Å². The molecule has 0 radical (unpaired) electrons. The smallest absolute Gasteiger partial charge is 0.235 e. The first kappa shape index (κ1) is 6.55. The number of likely N-dealkylation sites (N-methyl/N-ethyl adjacent to an activating group) is 1. The molecule has 1 unspecified atom stereocenters. The maximum atomic E-state index is 10.7. The molecule has 52 valence electrons.